The van der Waals surface area contributed by atoms with E-state index in [0.717, 1.165) is 0 Å². The van der Waals surface area contributed by atoms with Crippen molar-refractivity contribution in [2.75, 3.05) is 14.1 Å². The fourth-order valence-electron chi connectivity index (χ4n) is 0.318. The normalized spacial score (nSPS) is 10.1. The minimum absolute atomic E-state index is 0.623. The van der Waals surface area contributed by atoms with E-state index in [1.54, 1.807) is 14.1 Å². The van der Waals surface area contributed by atoms with Crippen LogP contribution < -0.4 is 0 Å². The maximum absolute atomic E-state index is 8.76. The van der Waals surface area contributed by atoms with Crippen LogP contribution in [0.5, 0.6) is 0 Å². The third kappa shape index (κ3) is 4.11. The van der Waals surface area contributed by atoms with Gasteiger partial charge in [-0.25, -0.2) is 5.06 Å². The molecule has 4 heteroatoms. The minimum Gasteiger partial charge on any atom is -0.426 e. The molecule has 0 amide bonds. The molecule has 0 aliphatic heterocycles. The highest BCUT2D eigenvalue weighted by molar-refractivity contribution is 6.42. The SMILES string of the molecule is CCB(O)ON(C)C. The van der Waals surface area contributed by atoms with Gasteiger partial charge in [0.15, 0.2) is 0 Å². The molecule has 0 aliphatic rings. The molecule has 0 rings (SSSR count). The van der Waals surface area contributed by atoms with Gasteiger partial charge in [-0.2, -0.15) is 0 Å². The Hall–Kier alpha value is -0.0551. The lowest BCUT2D eigenvalue weighted by Gasteiger charge is -2.11. The van der Waals surface area contributed by atoms with Crippen LogP contribution in [0.25, 0.3) is 0 Å². The lowest BCUT2D eigenvalue weighted by molar-refractivity contribution is -0.0258. The zero-order chi connectivity index (χ0) is 6.57. The summed E-state index contributed by atoms with van der Waals surface area (Å²) in [5, 5.41) is 10.2. The van der Waals surface area contributed by atoms with Crippen LogP contribution in [0.2, 0.25) is 6.32 Å². The smallest absolute Gasteiger partial charge is 0.426 e. The predicted molar refractivity (Wildman–Crippen MR) is 33.2 cm³/mol. The van der Waals surface area contributed by atoms with Crippen LogP contribution in [0, 0.1) is 0 Å². The molecule has 3 nitrogen and oxygen atoms in total. The van der Waals surface area contributed by atoms with Crippen LogP contribution in [0.1, 0.15) is 6.92 Å². The number of hydrogen-bond donors (Lipinski definition) is 1. The molecule has 0 fully saturated rings. The molecule has 0 atom stereocenters. The summed E-state index contributed by atoms with van der Waals surface area (Å²) >= 11 is 0. The van der Waals surface area contributed by atoms with Crippen molar-refractivity contribution in [2.45, 2.75) is 13.2 Å². The lowest BCUT2D eigenvalue weighted by Crippen LogP contribution is -2.25. The molecule has 0 unspecified atom stereocenters. The van der Waals surface area contributed by atoms with Gasteiger partial charge in [-0.05, 0) is 6.32 Å². The first-order chi connectivity index (χ1) is 3.66. The molecule has 0 aliphatic carbocycles. The van der Waals surface area contributed by atoms with Gasteiger partial charge in [0, 0.05) is 14.1 Å². The van der Waals surface area contributed by atoms with Gasteiger partial charge in [0.25, 0.3) is 0 Å². The largest absolute Gasteiger partial charge is 0.471 e. The first kappa shape index (κ1) is 7.94. The van der Waals surface area contributed by atoms with Crippen molar-refractivity contribution < 1.29 is 9.78 Å². The van der Waals surface area contributed by atoms with Crippen LogP contribution in [-0.2, 0) is 4.76 Å². The summed E-state index contributed by atoms with van der Waals surface area (Å²) in [6.07, 6.45) is 0.623. The highest BCUT2D eigenvalue weighted by Crippen LogP contribution is 1.88. The van der Waals surface area contributed by atoms with E-state index in [1.165, 1.54) is 5.06 Å². The summed E-state index contributed by atoms with van der Waals surface area (Å²) < 4.78 is 4.79. The molecule has 0 bridgehead atoms. The molecule has 0 aromatic heterocycles. The number of hydrogen-bond acceptors (Lipinski definition) is 3. The topological polar surface area (TPSA) is 32.7 Å². The molecular formula is C4H12BNO2. The van der Waals surface area contributed by atoms with E-state index in [9.17, 15) is 0 Å². The number of rotatable bonds is 3. The molecular weight excluding hydrogens is 105 g/mol. The summed E-state index contributed by atoms with van der Waals surface area (Å²) in [6.45, 7) is 1.86. The van der Waals surface area contributed by atoms with Crippen LogP contribution in [-0.4, -0.2) is 31.3 Å². The minimum atomic E-state index is -0.648. The molecule has 1 N–H and O–H groups in total. The third-order valence-corrected chi connectivity index (χ3v) is 0.682. The van der Waals surface area contributed by atoms with Crippen molar-refractivity contribution in [3.63, 3.8) is 0 Å². The highest BCUT2D eigenvalue weighted by Gasteiger charge is 2.09. The van der Waals surface area contributed by atoms with Crippen molar-refractivity contribution in [3.05, 3.63) is 0 Å². The molecule has 0 aromatic carbocycles. The maximum atomic E-state index is 8.76. The summed E-state index contributed by atoms with van der Waals surface area (Å²) in [5.41, 5.74) is 0. The van der Waals surface area contributed by atoms with Gasteiger partial charge < -0.3 is 9.78 Å². The second kappa shape index (κ2) is 3.89. The Labute approximate surface area is 50.3 Å². The quantitative estimate of drug-likeness (QED) is 0.416. The maximum Gasteiger partial charge on any atom is 0.471 e. The second-order valence-corrected chi connectivity index (χ2v) is 1.78. The van der Waals surface area contributed by atoms with Gasteiger partial charge in [0.1, 0.15) is 0 Å². The Morgan fingerprint density at radius 3 is 2.25 bits per heavy atom. The van der Waals surface area contributed by atoms with Crippen LogP contribution in [0.4, 0.5) is 0 Å². The van der Waals surface area contributed by atoms with E-state index in [1.807, 2.05) is 6.92 Å². The summed E-state index contributed by atoms with van der Waals surface area (Å²) in [5.74, 6) is 0. The van der Waals surface area contributed by atoms with Gasteiger partial charge in [-0.3, -0.25) is 0 Å². The summed E-state index contributed by atoms with van der Waals surface area (Å²) in [4.78, 5) is 0. The molecule has 8 heavy (non-hydrogen) atoms. The standard InChI is InChI=1S/C4H12BNO2/c1-4-5(7)8-6(2)3/h7H,4H2,1-3H3. The molecule has 48 valence electrons. The van der Waals surface area contributed by atoms with Crippen molar-refractivity contribution in [1.29, 1.82) is 0 Å². The Morgan fingerprint density at radius 2 is 2.12 bits per heavy atom. The van der Waals surface area contributed by atoms with E-state index >= 15 is 0 Å². The zero-order valence-electron chi connectivity index (χ0n) is 5.59. The third-order valence-electron chi connectivity index (χ3n) is 0.682. The van der Waals surface area contributed by atoms with Crippen LogP contribution >= 0.6 is 0 Å². The molecule has 0 saturated carbocycles. The Morgan fingerprint density at radius 1 is 1.62 bits per heavy atom. The first-order valence-corrected chi connectivity index (χ1v) is 2.69. The average Bonchev–Trinajstić information content (AvgIpc) is 1.65. The first-order valence-electron chi connectivity index (χ1n) is 2.69. The van der Waals surface area contributed by atoms with Gasteiger partial charge in [-0.15, -0.1) is 0 Å². The average molecular weight is 117 g/mol. The summed E-state index contributed by atoms with van der Waals surface area (Å²) in [6, 6.07) is 0. The molecule has 0 radical (unpaired) electrons. The van der Waals surface area contributed by atoms with E-state index in [2.05, 4.69) is 0 Å². The number of nitrogens with zero attached hydrogens (tertiary/aromatic N) is 1. The Kier molecular flexibility index (Phi) is 3.86. The fourth-order valence-corrected chi connectivity index (χ4v) is 0.318. The van der Waals surface area contributed by atoms with E-state index in [0.29, 0.717) is 6.32 Å². The second-order valence-electron chi connectivity index (χ2n) is 1.78. The number of hydroxylamine groups is 2. The van der Waals surface area contributed by atoms with Gasteiger partial charge in [-0.1, -0.05) is 6.92 Å². The van der Waals surface area contributed by atoms with Crippen molar-refractivity contribution in [2.24, 2.45) is 0 Å². The van der Waals surface area contributed by atoms with Crippen LogP contribution in [0.3, 0.4) is 0 Å². The highest BCUT2D eigenvalue weighted by atomic mass is 16.7. The Bertz CT molecular complexity index is 60.0. The Balaban J connectivity index is 3.10. The lowest BCUT2D eigenvalue weighted by atomic mass is 9.88. The fraction of sp³-hybridized carbons (Fsp3) is 1.00. The van der Waals surface area contributed by atoms with Gasteiger partial charge in [0.05, 0.1) is 0 Å². The predicted octanol–water partition coefficient (Wildman–Crippen LogP) is -0.0200. The molecule has 0 spiro atoms. The summed E-state index contributed by atoms with van der Waals surface area (Å²) in [7, 11) is 2.82. The van der Waals surface area contributed by atoms with Crippen molar-refractivity contribution in [3.8, 4) is 0 Å². The van der Waals surface area contributed by atoms with E-state index in [4.69, 9.17) is 9.78 Å². The molecule has 0 aromatic rings. The van der Waals surface area contributed by atoms with Crippen LogP contribution in [0.15, 0.2) is 0 Å². The monoisotopic (exact) mass is 117 g/mol. The van der Waals surface area contributed by atoms with Gasteiger partial charge in [0.2, 0.25) is 0 Å². The molecule has 0 heterocycles. The van der Waals surface area contributed by atoms with Gasteiger partial charge >= 0.3 is 7.12 Å². The van der Waals surface area contributed by atoms with E-state index in [-0.39, 0.29) is 0 Å². The van der Waals surface area contributed by atoms with Crippen molar-refractivity contribution in [1.82, 2.24) is 5.06 Å². The molecule has 0 saturated heterocycles. The zero-order valence-corrected chi connectivity index (χ0v) is 5.59. The van der Waals surface area contributed by atoms with E-state index < -0.39 is 7.12 Å². The van der Waals surface area contributed by atoms with Crippen molar-refractivity contribution >= 4 is 7.12 Å².